The van der Waals surface area contributed by atoms with Crippen LogP contribution < -0.4 is 5.32 Å². The Labute approximate surface area is 119 Å². The van der Waals surface area contributed by atoms with Crippen LogP contribution >= 0.6 is 0 Å². The average Bonchev–Trinajstić information content (AvgIpc) is 2.43. The van der Waals surface area contributed by atoms with Crippen LogP contribution in [0.5, 0.6) is 0 Å². The molecule has 1 saturated heterocycles. The van der Waals surface area contributed by atoms with E-state index < -0.39 is 5.41 Å². The van der Waals surface area contributed by atoms with Gasteiger partial charge < -0.3 is 4.74 Å². The molecule has 1 N–H and O–H groups in total. The van der Waals surface area contributed by atoms with E-state index in [2.05, 4.69) is 5.32 Å². The molecule has 4 nitrogen and oxygen atoms in total. The summed E-state index contributed by atoms with van der Waals surface area (Å²) in [6, 6.07) is 9.87. The number of amides is 2. The van der Waals surface area contributed by atoms with E-state index >= 15 is 0 Å². The fourth-order valence-electron chi connectivity index (χ4n) is 2.91. The van der Waals surface area contributed by atoms with Crippen LogP contribution in [0.2, 0.25) is 0 Å². The van der Waals surface area contributed by atoms with Crippen LogP contribution in [0.3, 0.4) is 0 Å². The summed E-state index contributed by atoms with van der Waals surface area (Å²) in [5.41, 5.74) is 0.612. The molecular weight excluding hydrogens is 254 g/mol. The molecule has 3 atom stereocenters. The number of piperidine rings is 1. The number of benzene rings is 1. The zero-order valence-electron chi connectivity index (χ0n) is 12.2. The van der Waals surface area contributed by atoms with Gasteiger partial charge in [-0.3, -0.25) is 14.9 Å². The first kappa shape index (κ1) is 14.7. The van der Waals surface area contributed by atoms with Crippen LogP contribution in [-0.4, -0.2) is 25.0 Å². The minimum absolute atomic E-state index is 0.161. The fraction of sp³-hybridized carbons (Fsp3) is 0.500. The van der Waals surface area contributed by atoms with Crippen molar-refractivity contribution >= 4 is 11.8 Å². The highest BCUT2D eigenvalue weighted by Gasteiger charge is 2.48. The summed E-state index contributed by atoms with van der Waals surface area (Å²) in [6.45, 7) is 3.88. The molecular formula is C16H21NO3. The number of imide groups is 1. The van der Waals surface area contributed by atoms with E-state index in [0.29, 0.717) is 12.8 Å². The van der Waals surface area contributed by atoms with Crippen molar-refractivity contribution in [2.45, 2.75) is 32.8 Å². The van der Waals surface area contributed by atoms with E-state index in [-0.39, 0.29) is 23.8 Å². The number of nitrogens with one attached hydrogen (secondary N) is 1. The topological polar surface area (TPSA) is 55.4 Å². The molecule has 0 aliphatic carbocycles. The molecule has 108 valence electrons. The van der Waals surface area contributed by atoms with E-state index in [1.165, 1.54) is 0 Å². The van der Waals surface area contributed by atoms with Crippen LogP contribution in [0.1, 0.15) is 25.8 Å². The summed E-state index contributed by atoms with van der Waals surface area (Å²) >= 11 is 0. The second kappa shape index (κ2) is 5.75. The van der Waals surface area contributed by atoms with Crippen molar-refractivity contribution in [2.24, 2.45) is 11.3 Å². The van der Waals surface area contributed by atoms with Gasteiger partial charge >= 0.3 is 0 Å². The molecule has 1 fully saturated rings. The quantitative estimate of drug-likeness (QED) is 0.854. The lowest BCUT2D eigenvalue weighted by atomic mass is 9.66. The zero-order valence-corrected chi connectivity index (χ0v) is 12.2. The van der Waals surface area contributed by atoms with Gasteiger partial charge in [0.25, 0.3) is 0 Å². The predicted octanol–water partition coefficient (Wildman–Crippen LogP) is 1.93. The number of rotatable bonds is 4. The van der Waals surface area contributed by atoms with Crippen LogP contribution in [0.4, 0.5) is 0 Å². The van der Waals surface area contributed by atoms with Crippen molar-refractivity contribution in [3.8, 4) is 0 Å². The molecule has 0 bridgehead atoms. The monoisotopic (exact) mass is 275 g/mol. The van der Waals surface area contributed by atoms with Crippen molar-refractivity contribution in [1.82, 2.24) is 5.32 Å². The minimum atomic E-state index is -0.482. The summed E-state index contributed by atoms with van der Waals surface area (Å²) in [7, 11) is 1.62. The van der Waals surface area contributed by atoms with Gasteiger partial charge in [-0.1, -0.05) is 37.3 Å². The highest BCUT2D eigenvalue weighted by atomic mass is 16.5. The molecule has 1 aromatic rings. The van der Waals surface area contributed by atoms with Gasteiger partial charge in [-0.15, -0.1) is 0 Å². The van der Waals surface area contributed by atoms with Gasteiger partial charge in [-0.2, -0.15) is 0 Å². The van der Waals surface area contributed by atoms with Gasteiger partial charge in [0.2, 0.25) is 11.8 Å². The minimum Gasteiger partial charge on any atom is -0.381 e. The molecule has 1 aliphatic heterocycles. The Morgan fingerprint density at radius 2 is 2.00 bits per heavy atom. The third kappa shape index (κ3) is 2.75. The van der Waals surface area contributed by atoms with Gasteiger partial charge in [-0.25, -0.2) is 0 Å². The SMILES string of the molecule is COC(C)C1(C)CC(=O)NC(=O)C1Cc1ccccc1. The molecule has 20 heavy (non-hydrogen) atoms. The van der Waals surface area contributed by atoms with Crippen molar-refractivity contribution in [2.75, 3.05) is 7.11 Å². The summed E-state index contributed by atoms with van der Waals surface area (Å²) in [5.74, 6) is -0.681. The summed E-state index contributed by atoms with van der Waals surface area (Å²) in [5, 5.41) is 2.45. The predicted molar refractivity (Wildman–Crippen MR) is 76.0 cm³/mol. The van der Waals surface area contributed by atoms with E-state index in [1.807, 2.05) is 44.2 Å². The Morgan fingerprint density at radius 3 is 2.60 bits per heavy atom. The first-order chi connectivity index (χ1) is 9.47. The van der Waals surface area contributed by atoms with E-state index in [4.69, 9.17) is 4.74 Å². The van der Waals surface area contributed by atoms with E-state index in [9.17, 15) is 9.59 Å². The molecule has 3 unspecified atom stereocenters. The fourth-order valence-corrected chi connectivity index (χ4v) is 2.91. The largest absolute Gasteiger partial charge is 0.381 e. The maximum Gasteiger partial charge on any atom is 0.230 e. The number of hydrogen-bond acceptors (Lipinski definition) is 3. The van der Waals surface area contributed by atoms with Gasteiger partial charge in [0.1, 0.15) is 0 Å². The van der Waals surface area contributed by atoms with Gasteiger partial charge in [0.05, 0.1) is 12.0 Å². The Bertz CT molecular complexity index is 500. The summed E-state index contributed by atoms with van der Waals surface area (Å²) < 4.78 is 5.43. The number of carbonyl (C=O) groups excluding carboxylic acids is 2. The van der Waals surface area contributed by atoms with Crippen LogP contribution in [0.15, 0.2) is 30.3 Å². The molecule has 2 amide bonds. The Morgan fingerprint density at radius 1 is 1.35 bits per heavy atom. The zero-order chi connectivity index (χ0) is 14.8. The first-order valence-corrected chi connectivity index (χ1v) is 6.88. The molecule has 2 rings (SSSR count). The summed E-state index contributed by atoms with van der Waals surface area (Å²) in [4.78, 5) is 24.0. The molecule has 1 aromatic carbocycles. The molecule has 0 saturated carbocycles. The number of carbonyl (C=O) groups is 2. The first-order valence-electron chi connectivity index (χ1n) is 6.88. The lowest BCUT2D eigenvalue weighted by molar-refractivity contribution is -0.149. The maximum absolute atomic E-state index is 12.3. The molecule has 4 heteroatoms. The second-order valence-corrected chi connectivity index (χ2v) is 5.72. The van der Waals surface area contributed by atoms with E-state index in [1.54, 1.807) is 7.11 Å². The third-order valence-corrected chi connectivity index (χ3v) is 4.48. The lowest BCUT2D eigenvalue weighted by Gasteiger charge is -2.43. The maximum atomic E-state index is 12.3. The molecule has 0 radical (unpaired) electrons. The van der Waals surface area contributed by atoms with Gasteiger partial charge in [-0.05, 0) is 18.9 Å². The highest BCUT2D eigenvalue weighted by molar-refractivity contribution is 5.99. The smallest absolute Gasteiger partial charge is 0.230 e. The molecule has 0 aromatic heterocycles. The van der Waals surface area contributed by atoms with E-state index in [0.717, 1.165) is 5.56 Å². The van der Waals surface area contributed by atoms with Crippen molar-refractivity contribution in [3.63, 3.8) is 0 Å². The molecule has 1 aliphatic rings. The molecule has 1 heterocycles. The highest BCUT2D eigenvalue weighted by Crippen LogP contribution is 2.41. The van der Waals surface area contributed by atoms with Crippen molar-refractivity contribution < 1.29 is 14.3 Å². The Kier molecular flexibility index (Phi) is 4.23. The Balaban J connectivity index is 2.30. The van der Waals surface area contributed by atoms with Gasteiger partial charge in [0.15, 0.2) is 0 Å². The van der Waals surface area contributed by atoms with Crippen molar-refractivity contribution in [3.05, 3.63) is 35.9 Å². The van der Waals surface area contributed by atoms with Crippen LogP contribution in [0, 0.1) is 11.3 Å². The summed E-state index contributed by atoms with van der Waals surface area (Å²) in [6.07, 6.45) is 0.765. The average molecular weight is 275 g/mol. The van der Waals surface area contributed by atoms with Crippen molar-refractivity contribution in [1.29, 1.82) is 0 Å². The normalized spacial score (nSPS) is 28.1. The number of methoxy groups -OCH3 is 1. The third-order valence-electron chi connectivity index (χ3n) is 4.48. The van der Waals surface area contributed by atoms with Crippen LogP contribution in [-0.2, 0) is 20.7 Å². The Hall–Kier alpha value is -1.68. The van der Waals surface area contributed by atoms with Gasteiger partial charge in [0, 0.05) is 18.9 Å². The lowest BCUT2D eigenvalue weighted by Crippen LogP contribution is -2.56. The standard InChI is InChI=1S/C16H21NO3/c1-11(20-3)16(2)10-14(18)17-15(19)13(16)9-12-7-5-4-6-8-12/h4-8,11,13H,9-10H2,1-3H3,(H,17,18,19). The number of ether oxygens (including phenoxy) is 1. The second-order valence-electron chi connectivity index (χ2n) is 5.72. The number of hydrogen-bond donors (Lipinski definition) is 1. The van der Waals surface area contributed by atoms with Crippen LogP contribution in [0.25, 0.3) is 0 Å². The molecule has 0 spiro atoms.